The zero-order chi connectivity index (χ0) is 12.3. The normalized spacial score (nSPS) is 28.7. The second kappa shape index (κ2) is 5.31. The fourth-order valence-corrected chi connectivity index (χ4v) is 2.17. The highest BCUT2D eigenvalue weighted by molar-refractivity contribution is 4.85. The number of hydrogen-bond acceptors (Lipinski definition) is 2. The van der Waals surface area contributed by atoms with Gasteiger partial charge in [0.1, 0.15) is 0 Å². The minimum absolute atomic E-state index is 0.201. The first kappa shape index (κ1) is 13.7. The zero-order valence-electron chi connectivity index (χ0n) is 9.52. The van der Waals surface area contributed by atoms with Gasteiger partial charge < -0.3 is 5.32 Å². The van der Waals surface area contributed by atoms with E-state index in [0.717, 1.165) is 6.42 Å². The van der Waals surface area contributed by atoms with Gasteiger partial charge in [0, 0.05) is 12.6 Å². The molecule has 1 N–H and O–H groups in total. The molecule has 96 valence electrons. The van der Waals surface area contributed by atoms with E-state index >= 15 is 0 Å². The molecular formula is C10H18F4N2. The Balaban J connectivity index is 2.47. The van der Waals surface area contributed by atoms with Crippen LogP contribution in [0.25, 0.3) is 0 Å². The molecule has 6 heteroatoms. The summed E-state index contributed by atoms with van der Waals surface area (Å²) < 4.78 is 49.7. The van der Waals surface area contributed by atoms with Gasteiger partial charge in [0.15, 0.2) is 0 Å². The van der Waals surface area contributed by atoms with E-state index in [1.165, 1.54) is 4.90 Å². The van der Waals surface area contributed by atoms with E-state index in [4.69, 9.17) is 0 Å². The highest BCUT2D eigenvalue weighted by Gasteiger charge is 2.43. The van der Waals surface area contributed by atoms with Crippen LogP contribution in [0, 0.1) is 5.92 Å². The summed E-state index contributed by atoms with van der Waals surface area (Å²) >= 11 is 0. The second-order valence-electron chi connectivity index (χ2n) is 4.46. The van der Waals surface area contributed by atoms with E-state index in [1.807, 2.05) is 14.0 Å². The van der Waals surface area contributed by atoms with Crippen LogP contribution in [0.4, 0.5) is 17.6 Å². The highest BCUT2D eigenvalue weighted by atomic mass is 19.3. The lowest BCUT2D eigenvalue weighted by Gasteiger charge is -2.38. The molecule has 0 amide bonds. The third-order valence-corrected chi connectivity index (χ3v) is 3.11. The third-order valence-electron chi connectivity index (χ3n) is 3.11. The molecule has 2 nitrogen and oxygen atoms in total. The van der Waals surface area contributed by atoms with Gasteiger partial charge in [0.05, 0.1) is 6.54 Å². The summed E-state index contributed by atoms with van der Waals surface area (Å²) in [5.74, 6) is -3.70. The lowest BCUT2D eigenvalue weighted by atomic mass is 9.94. The Morgan fingerprint density at radius 2 is 2.06 bits per heavy atom. The molecule has 1 rings (SSSR count). The zero-order valence-corrected chi connectivity index (χ0v) is 9.52. The van der Waals surface area contributed by atoms with Gasteiger partial charge in [-0.2, -0.15) is 8.78 Å². The molecule has 2 unspecified atom stereocenters. The molecule has 0 spiro atoms. The minimum Gasteiger partial charge on any atom is -0.317 e. The number of nitrogens with one attached hydrogen (secondary N) is 1. The molecule has 1 saturated heterocycles. The third kappa shape index (κ3) is 3.31. The van der Waals surface area contributed by atoms with Gasteiger partial charge in [-0.15, -0.1) is 0 Å². The van der Waals surface area contributed by atoms with E-state index in [1.54, 1.807) is 0 Å². The predicted octanol–water partition coefficient (Wildman–Crippen LogP) is 1.82. The Morgan fingerprint density at radius 1 is 1.44 bits per heavy atom. The second-order valence-corrected chi connectivity index (χ2v) is 4.46. The van der Waals surface area contributed by atoms with Gasteiger partial charge in [-0.25, -0.2) is 8.78 Å². The Labute approximate surface area is 93.0 Å². The number of hydrogen-bond donors (Lipinski definition) is 1. The first-order chi connectivity index (χ1) is 7.36. The van der Waals surface area contributed by atoms with Crippen LogP contribution < -0.4 is 5.32 Å². The Bertz CT molecular complexity index is 223. The summed E-state index contributed by atoms with van der Waals surface area (Å²) in [5.41, 5.74) is 0. The van der Waals surface area contributed by atoms with Crippen LogP contribution >= 0.6 is 0 Å². The molecule has 0 aliphatic carbocycles. The van der Waals surface area contributed by atoms with Gasteiger partial charge in [-0.05, 0) is 25.9 Å². The molecule has 16 heavy (non-hydrogen) atoms. The SMILES string of the molecule is CNC1CCN(CC(F)(F)C(F)F)CC1C. The smallest absolute Gasteiger partial charge is 0.317 e. The van der Waals surface area contributed by atoms with Gasteiger partial charge >= 0.3 is 12.3 Å². The molecule has 0 aromatic carbocycles. The first-order valence-corrected chi connectivity index (χ1v) is 5.42. The van der Waals surface area contributed by atoms with Gasteiger partial charge in [-0.3, -0.25) is 4.90 Å². The van der Waals surface area contributed by atoms with E-state index < -0.39 is 18.9 Å². The number of nitrogens with zero attached hydrogens (tertiary/aromatic N) is 1. The van der Waals surface area contributed by atoms with E-state index in [2.05, 4.69) is 5.32 Å². The summed E-state index contributed by atoms with van der Waals surface area (Å²) in [6, 6.07) is 0.288. The standard InChI is InChI=1S/C10H18F4N2/c1-7-5-16(4-3-8(7)15-2)6-10(13,14)9(11)12/h7-9,15H,3-6H2,1-2H3. The van der Waals surface area contributed by atoms with Crippen molar-refractivity contribution in [3.63, 3.8) is 0 Å². The number of likely N-dealkylation sites (tertiary alicyclic amines) is 1. The molecule has 1 aliphatic rings. The molecule has 0 aromatic heterocycles. The molecule has 1 fully saturated rings. The maximum Gasteiger partial charge on any atom is 0.319 e. The highest BCUT2D eigenvalue weighted by Crippen LogP contribution is 2.26. The molecule has 0 radical (unpaired) electrons. The van der Waals surface area contributed by atoms with Crippen molar-refractivity contribution in [2.75, 3.05) is 26.7 Å². The first-order valence-electron chi connectivity index (χ1n) is 5.42. The van der Waals surface area contributed by atoms with Crippen molar-refractivity contribution >= 4 is 0 Å². The molecule has 0 aromatic rings. The molecule has 1 heterocycles. The fraction of sp³-hybridized carbons (Fsp3) is 1.00. The molecular weight excluding hydrogens is 224 g/mol. The van der Waals surface area contributed by atoms with Crippen LogP contribution in [0.2, 0.25) is 0 Å². The lowest BCUT2D eigenvalue weighted by Crippen LogP contribution is -2.51. The summed E-state index contributed by atoms with van der Waals surface area (Å²) in [4.78, 5) is 1.42. The lowest BCUT2D eigenvalue weighted by molar-refractivity contribution is -0.145. The van der Waals surface area contributed by atoms with Crippen molar-refractivity contribution in [1.82, 2.24) is 10.2 Å². The summed E-state index contributed by atoms with van der Waals surface area (Å²) in [6.07, 6.45) is -2.86. The van der Waals surface area contributed by atoms with Crippen molar-refractivity contribution in [2.45, 2.75) is 31.7 Å². The number of halogens is 4. The molecule has 0 saturated carbocycles. The fourth-order valence-electron chi connectivity index (χ4n) is 2.17. The van der Waals surface area contributed by atoms with Crippen LogP contribution in [-0.4, -0.2) is 50.0 Å². The van der Waals surface area contributed by atoms with Crippen molar-refractivity contribution in [3.05, 3.63) is 0 Å². The van der Waals surface area contributed by atoms with Crippen LogP contribution in [0.15, 0.2) is 0 Å². The summed E-state index contributed by atoms with van der Waals surface area (Å²) in [5, 5.41) is 3.10. The maximum atomic E-state index is 12.8. The van der Waals surface area contributed by atoms with Crippen LogP contribution in [0.3, 0.4) is 0 Å². The van der Waals surface area contributed by atoms with Crippen LogP contribution in [0.5, 0.6) is 0 Å². The largest absolute Gasteiger partial charge is 0.319 e. The Morgan fingerprint density at radius 3 is 2.50 bits per heavy atom. The molecule has 0 bridgehead atoms. The van der Waals surface area contributed by atoms with Crippen molar-refractivity contribution in [1.29, 1.82) is 0 Å². The van der Waals surface area contributed by atoms with Gasteiger partial charge in [-0.1, -0.05) is 6.92 Å². The molecule has 2 atom stereocenters. The van der Waals surface area contributed by atoms with Crippen molar-refractivity contribution in [2.24, 2.45) is 5.92 Å². The van der Waals surface area contributed by atoms with Gasteiger partial charge in [0.2, 0.25) is 0 Å². The number of rotatable bonds is 4. The van der Waals surface area contributed by atoms with Gasteiger partial charge in [0.25, 0.3) is 0 Å². The van der Waals surface area contributed by atoms with Crippen LogP contribution in [-0.2, 0) is 0 Å². The van der Waals surface area contributed by atoms with E-state index in [0.29, 0.717) is 13.1 Å². The topological polar surface area (TPSA) is 15.3 Å². The van der Waals surface area contributed by atoms with E-state index in [-0.39, 0.29) is 12.0 Å². The Kier molecular flexibility index (Phi) is 4.55. The average molecular weight is 242 g/mol. The maximum absolute atomic E-state index is 12.8. The monoisotopic (exact) mass is 242 g/mol. The predicted molar refractivity (Wildman–Crippen MR) is 54.0 cm³/mol. The van der Waals surface area contributed by atoms with Crippen molar-refractivity contribution in [3.8, 4) is 0 Å². The Hall–Kier alpha value is -0.360. The number of alkyl halides is 4. The van der Waals surface area contributed by atoms with Crippen molar-refractivity contribution < 1.29 is 17.6 Å². The van der Waals surface area contributed by atoms with E-state index in [9.17, 15) is 17.6 Å². The summed E-state index contributed by atoms with van der Waals surface area (Å²) in [6.45, 7) is 1.98. The average Bonchev–Trinajstić information content (AvgIpc) is 2.17. The quantitative estimate of drug-likeness (QED) is 0.756. The van der Waals surface area contributed by atoms with Crippen LogP contribution in [0.1, 0.15) is 13.3 Å². The molecule has 1 aliphatic heterocycles. The minimum atomic E-state index is -3.90. The number of piperidine rings is 1. The summed E-state index contributed by atoms with van der Waals surface area (Å²) in [7, 11) is 1.82.